The average Bonchev–Trinajstić information content (AvgIpc) is 2.86. The molecule has 0 bridgehead atoms. The van der Waals surface area contributed by atoms with Crippen molar-refractivity contribution in [3.63, 3.8) is 0 Å². The van der Waals surface area contributed by atoms with Crippen LogP contribution in [-0.2, 0) is 20.1 Å². The number of nitrogens with one attached hydrogen (secondary N) is 1. The number of aliphatic hydroxyl groups excluding tert-OH is 1. The van der Waals surface area contributed by atoms with E-state index in [1.54, 1.807) is 17.7 Å². The molecule has 194 valence electrons. The molecule has 0 unspecified atom stereocenters. The van der Waals surface area contributed by atoms with Crippen molar-refractivity contribution in [2.45, 2.75) is 53.6 Å². The third-order valence-corrected chi connectivity index (χ3v) is 6.92. The van der Waals surface area contributed by atoms with E-state index in [0.29, 0.717) is 51.6 Å². The molecule has 7 nitrogen and oxygen atoms in total. The van der Waals surface area contributed by atoms with Crippen molar-refractivity contribution < 1.29 is 5.11 Å². The van der Waals surface area contributed by atoms with Gasteiger partial charge in [0.05, 0.1) is 10.9 Å². The first-order chi connectivity index (χ1) is 17.1. The summed E-state index contributed by atoms with van der Waals surface area (Å²) in [5, 5.41) is 14.4. The number of hydrogen-bond donors (Lipinski definition) is 3. The van der Waals surface area contributed by atoms with Crippen LogP contribution in [0, 0.1) is 5.41 Å². The van der Waals surface area contributed by atoms with Gasteiger partial charge in [0.25, 0.3) is 5.56 Å². The van der Waals surface area contributed by atoms with Gasteiger partial charge in [-0.3, -0.25) is 9.36 Å². The lowest BCUT2D eigenvalue weighted by Crippen LogP contribution is -2.40. The molecule has 1 aromatic heterocycles. The van der Waals surface area contributed by atoms with E-state index in [1.165, 1.54) is 0 Å². The predicted molar refractivity (Wildman–Crippen MR) is 152 cm³/mol. The Morgan fingerprint density at radius 1 is 1.22 bits per heavy atom. The first kappa shape index (κ1) is 27.6. The summed E-state index contributed by atoms with van der Waals surface area (Å²) in [4.78, 5) is 20.4. The van der Waals surface area contributed by atoms with E-state index < -0.39 is 0 Å². The summed E-state index contributed by atoms with van der Waals surface area (Å²) in [5.41, 5.74) is 9.52. The largest absolute Gasteiger partial charge is 0.508 e. The van der Waals surface area contributed by atoms with Crippen LogP contribution in [0.2, 0.25) is 5.02 Å². The number of nitrogens with zero attached hydrogens (tertiary/aromatic N) is 3. The van der Waals surface area contributed by atoms with Crippen molar-refractivity contribution in [1.82, 2.24) is 9.55 Å². The van der Waals surface area contributed by atoms with Gasteiger partial charge in [-0.25, -0.2) is 4.98 Å². The molecule has 4 rings (SSSR count). The van der Waals surface area contributed by atoms with Crippen molar-refractivity contribution in [3.8, 4) is 0 Å². The van der Waals surface area contributed by atoms with Crippen molar-refractivity contribution >= 4 is 39.9 Å². The zero-order valence-electron chi connectivity index (χ0n) is 22.0. The molecule has 0 amide bonds. The Labute approximate surface area is 218 Å². The fourth-order valence-corrected chi connectivity index (χ4v) is 4.67. The monoisotopic (exact) mass is 511 g/mol. The Kier molecular flexibility index (Phi) is 8.69. The van der Waals surface area contributed by atoms with Crippen LogP contribution >= 0.6 is 11.6 Å². The van der Waals surface area contributed by atoms with Gasteiger partial charge in [-0.2, -0.15) is 0 Å². The van der Waals surface area contributed by atoms with Gasteiger partial charge in [0.2, 0.25) is 5.95 Å². The summed E-state index contributed by atoms with van der Waals surface area (Å²) >= 11 is 6.39. The lowest BCUT2D eigenvalue weighted by molar-refractivity contribution is 0.277. The van der Waals surface area contributed by atoms with Gasteiger partial charge in [-0.05, 0) is 53.6 Å². The minimum absolute atomic E-state index is 0.0453. The van der Waals surface area contributed by atoms with Crippen LogP contribution in [0.15, 0.2) is 41.7 Å². The number of aromatic nitrogens is 2. The topological polar surface area (TPSA) is 96.4 Å². The summed E-state index contributed by atoms with van der Waals surface area (Å²) in [5.74, 6) is 0.629. The van der Waals surface area contributed by atoms with Crippen LogP contribution in [0.1, 0.15) is 57.2 Å². The molecule has 1 saturated heterocycles. The summed E-state index contributed by atoms with van der Waals surface area (Å²) in [6.45, 7) is 14.7. The Balaban J connectivity index is 0.00000176. The van der Waals surface area contributed by atoms with E-state index in [9.17, 15) is 9.90 Å². The number of halogens is 1. The Morgan fingerprint density at radius 3 is 2.50 bits per heavy atom. The van der Waals surface area contributed by atoms with Crippen LogP contribution in [-0.4, -0.2) is 27.7 Å². The highest BCUT2D eigenvalue weighted by Crippen LogP contribution is 2.32. The molecular weight excluding hydrogens is 474 g/mol. The first-order valence-corrected chi connectivity index (χ1v) is 12.9. The molecule has 0 atom stereocenters. The molecule has 0 radical (unpaired) electrons. The van der Waals surface area contributed by atoms with E-state index in [4.69, 9.17) is 22.3 Å². The predicted octanol–water partition coefficient (Wildman–Crippen LogP) is 5.84. The normalized spacial score (nSPS) is 14.8. The lowest BCUT2D eigenvalue weighted by Gasteiger charge is -2.38. The van der Waals surface area contributed by atoms with E-state index in [0.717, 1.165) is 37.1 Å². The van der Waals surface area contributed by atoms with Crippen molar-refractivity contribution in [3.05, 3.63) is 69.0 Å². The zero-order chi connectivity index (χ0) is 26.6. The Morgan fingerprint density at radius 2 is 1.89 bits per heavy atom. The maximum atomic E-state index is 13.3. The average molecular weight is 512 g/mol. The van der Waals surface area contributed by atoms with Gasteiger partial charge in [0.15, 0.2) is 0 Å². The fraction of sp³-hybridized carbons (Fsp3) is 0.429. The highest BCUT2D eigenvalue weighted by atomic mass is 35.5. The molecule has 0 saturated carbocycles. The molecule has 1 aliphatic rings. The quantitative estimate of drug-likeness (QED) is 0.360. The third-order valence-electron chi connectivity index (χ3n) is 6.70. The smallest absolute Gasteiger partial charge is 0.262 e. The van der Waals surface area contributed by atoms with E-state index in [2.05, 4.69) is 30.6 Å². The van der Waals surface area contributed by atoms with Crippen LogP contribution < -0.4 is 21.5 Å². The summed E-state index contributed by atoms with van der Waals surface area (Å²) < 4.78 is 1.62. The molecule has 2 heterocycles. The standard InChI is InChI=1S/C26H32ClN5O2.C2H6/c1-16(33)20-11-17(14-28)5-6-22(20)29-15-18-12-19(27)13-21-23(18)30-25(31(4)24(21)34)32-9-7-26(2,3)8-10-32;1-2/h5-6,11-13,29,33H,1,7-10,14-15,28H2,2-4H3;1-2H3. The molecular formula is C28H38ClN5O2. The maximum Gasteiger partial charge on any atom is 0.262 e. The number of piperidine rings is 1. The van der Waals surface area contributed by atoms with Gasteiger partial charge >= 0.3 is 0 Å². The highest BCUT2D eigenvalue weighted by molar-refractivity contribution is 6.31. The van der Waals surface area contributed by atoms with Crippen LogP contribution in [0.25, 0.3) is 16.7 Å². The number of aliphatic hydroxyl groups is 1. The summed E-state index contributed by atoms with van der Waals surface area (Å²) in [7, 11) is 1.76. The van der Waals surface area contributed by atoms with Crippen molar-refractivity contribution in [1.29, 1.82) is 0 Å². The minimum Gasteiger partial charge on any atom is -0.508 e. The molecule has 8 heteroatoms. The number of hydrogen-bond acceptors (Lipinski definition) is 6. The van der Waals surface area contributed by atoms with Gasteiger partial charge in [0, 0.05) is 49.5 Å². The van der Waals surface area contributed by atoms with E-state index >= 15 is 0 Å². The maximum absolute atomic E-state index is 13.3. The minimum atomic E-state index is -0.120. The molecule has 2 aromatic carbocycles. The van der Waals surface area contributed by atoms with Crippen LogP contribution in [0.4, 0.5) is 11.6 Å². The Bertz CT molecular complexity index is 1310. The van der Waals surface area contributed by atoms with Gasteiger partial charge in [-0.15, -0.1) is 0 Å². The molecule has 0 spiro atoms. The third kappa shape index (κ3) is 5.85. The molecule has 36 heavy (non-hydrogen) atoms. The van der Waals surface area contributed by atoms with Gasteiger partial charge in [-0.1, -0.05) is 51.9 Å². The number of benzene rings is 2. The second-order valence-corrected chi connectivity index (χ2v) is 10.2. The number of rotatable bonds is 6. The molecule has 1 aliphatic heterocycles. The SMILES string of the molecule is C=C(O)c1cc(CN)ccc1NCc1cc(Cl)cc2c(=O)n(C)c(N3CCC(C)(C)CC3)nc12.CC. The summed E-state index contributed by atoms with van der Waals surface area (Å²) in [6.07, 6.45) is 2.09. The van der Waals surface area contributed by atoms with Gasteiger partial charge in [0.1, 0.15) is 5.76 Å². The first-order valence-electron chi connectivity index (χ1n) is 12.5. The van der Waals surface area contributed by atoms with E-state index in [1.807, 2.05) is 38.1 Å². The van der Waals surface area contributed by atoms with Crippen molar-refractivity contribution in [2.75, 3.05) is 23.3 Å². The van der Waals surface area contributed by atoms with Crippen molar-refractivity contribution in [2.24, 2.45) is 18.2 Å². The Hall–Kier alpha value is -3.03. The number of fused-ring (bicyclic) bond motifs is 1. The molecule has 4 N–H and O–H groups in total. The second kappa shape index (κ2) is 11.4. The van der Waals surface area contributed by atoms with E-state index in [-0.39, 0.29) is 11.3 Å². The van der Waals surface area contributed by atoms with Gasteiger partial charge < -0.3 is 21.1 Å². The fourth-order valence-electron chi connectivity index (χ4n) is 4.43. The van der Waals surface area contributed by atoms with Crippen LogP contribution in [0.3, 0.4) is 0 Å². The second-order valence-electron chi connectivity index (χ2n) is 9.77. The molecule has 1 fully saturated rings. The zero-order valence-corrected chi connectivity index (χ0v) is 22.7. The van der Waals surface area contributed by atoms with Crippen LogP contribution in [0.5, 0.6) is 0 Å². The molecule has 3 aromatic rings. The highest BCUT2D eigenvalue weighted by Gasteiger charge is 2.28. The molecule has 0 aliphatic carbocycles. The summed E-state index contributed by atoms with van der Waals surface area (Å²) in [6, 6.07) is 9.07. The number of nitrogens with two attached hydrogens (primary N) is 1. The number of anilines is 2. The lowest BCUT2D eigenvalue weighted by atomic mass is 9.83.